The van der Waals surface area contributed by atoms with Gasteiger partial charge < -0.3 is 9.64 Å². The summed E-state index contributed by atoms with van der Waals surface area (Å²) in [6.45, 7) is 0.319. The van der Waals surface area contributed by atoms with Gasteiger partial charge in [0.2, 0.25) is 0 Å². The van der Waals surface area contributed by atoms with E-state index >= 15 is 0 Å². The summed E-state index contributed by atoms with van der Waals surface area (Å²) >= 11 is 0. The molecule has 1 N–H and O–H groups in total. The van der Waals surface area contributed by atoms with E-state index in [2.05, 4.69) is 5.32 Å². The molecule has 1 aliphatic rings. The molecule has 0 amide bonds. The topological polar surface area (TPSA) is 24.5 Å². The molecule has 0 radical (unpaired) electrons. The monoisotopic (exact) mass is 228 g/mol. The Kier molecular flexibility index (Phi) is 3.24. The maximum atomic E-state index is 13.1. The third-order valence-electron chi connectivity index (χ3n) is 2.56. The first-order valence-corrected chi connectivity index (χ1v) is 5.12. The van der Waals surface area contributed by atoms with Crippen LogP contribution in [-0.2, 0) is 0 Å². The molecule has 3 nitrogen and oxygen atoms in total. The highest BCUT2D eigenvalue weighted by Gasteiger charge is 2.25. The van der Waals surface area contributed by atoms with E-state index in [9.17, 15) is 8.78 Å². The van der Waals surface area contributed by atoms with Crippen LogP contribution in [0.4, 0.5) is 14.5 Å². The van der Waals surface area contributed by atoms with Crippen molar-refractivity contribution in [1.82, 2.24) is 5.32 Å². The Morgan fingerprint density at radius 1 is 1.19 bits per heavy atom. The van der Waals surface area contributed by atoms with Gasteiger partial charge in [0.05, 0.1) is 20.2 Å². The van der Waals surface area contributed by atoms with E-state index < -0.39 is 12.6 Å². The fourth-order valence-corrected chi connectivity index (χ4v) is 1.77. The summed E-state index contributed by atoms with van der Waals surface area (Å²) in [6.07, 6.45) is -2.66. The van der Waals surface area contributed by atoms with E-state index in [-0.39, 0.29) is 13.1 Å². The van der Waals surface area contributed by atoms with Crippen molar-refractivity contribution in [3.63, 3.8) is 0 Å². The lowest BCUT2D eigenvalue weighted by Crippen LogP contribution is -2.53. The van der Waals surface area contributed by atoms with Crippen molar-refractivity contribution < 1.29 is 13.5 Å². The van der Waals surface area contributed by atoms with Gasteiger partial charge in [-0.3, -0.25) is 5.32 Å². The zero-order valence-corrected chi connectivity index (χ0v) is 8.99. The Hall–Kier alpha value is -1.36. The summed E-state index contributed by atoms with van der Waals surface area (Å²) in [7, 11) is 1.58. The molecule has 0 aliphatic carbocycles. The average Bonchev–Trinajstić information content (AvgIpc) is 2.28. The first kappa shape index (κ1) is 11.1. The number of halogens is 2. The van der Waals surface area contributed by atoms with E-state index in [0.717, 1.165) is 11.4 Å². The van der Waals surface area contributed by atoms with E-state index in [1.807, 2.05) is 0 Å². The van der Waals surface area contributed by atoms with Crippen LogP contribution in [0.3, 0.4) is 0 Å². The Morgan fingerprint density at radius 2 is 1.75 bits per heavy atom. The molecule has 0 aromatic heterocycles. The first-order chi connectivity index (χ1) is 7.69. The van der Waals surface area contributed by atoms with Crippen molar-refractivity contribution in [2.75, 3.05) is 25.1 Å². The largest absolute Gasteiger partial charge is 0.497 e. The fraction of sp³-hybridized carbons (Fsp3) is 0.455. The van der Waals surface area contributed by atoms with Gasteiger partial charge in [-0.2, -0.15) is 0 Å². The van der Waals surface area contributed by atoms with Gasteiger partial charge in [0.1, 0.15) is 5.75 Å². The van der Waals surface area contributed by atoms with Crippen LogP contribution >= 0.6 is 0 Å². The Morgan fingerprint density at radius 3 is 2.25 bits per heavy atom. The molecule has 1 aromatic carbocycles. The molecule has 0 bridgehead atoms. The standard InChI is InChI=1S/C11H14F2N2O/c1-16-9-4-2-8(3-5-9)15-6-10(12)14-11(13)7-15/h2-5,10-11,14H,6-7H2,1H3. The SMILES string of the molecule is COc1ccc(N2CC(F)NC(F)C2)cc1. The number of ether oxygens (including phenoxy) is 1. The number of benzene rings is 1. The number of anilines is 1. The molecule has 0 spiro atoms. The second-order valence-corrected chi connectivity index (χ2v) is 3.70. The van der Waals surface area contributed by atoms with Crippen LogP contribution in [0.5, 0.6) is 5.75 Å². The van der Waals surface area contributed by atoms with Gasteiger partial charge in [-0.25, -0.2) is 8.78 Å². The average molecular weight is 228 g/mol. The molecular weight excluding hydrogens is 214 g/mol. The second kappa shape index (κ2) is 4.65. The summed E-state index contributed by atoms with van der Waals surface area (Å²) in [6, 6.07) is 7.14. The summed E-state index contributed by atoms with van der Waals surface area (Å²) < 4.78 is 31.2. The molecule has 2 unspecified atom stereocenters. The number of rotatable bonds is 2. The van der Waals surface area contributed by atoms with Crippen LogP contribution in [0.25, 0.3) is 0 Å². The molecule has 88 valence electrons. The lowest BCUT2D eigenvalue weighted by atomic mass is 10.2. The summed E-state index contributed by atoms with van der Waals surface area (Å²) in [5, 5.41) is 2.20. The number of alkyl halides is 2. The first-order valence-electron chi connectivity index (χ1n) is 5.12. The van der Waals surface area contributed by atoms with Crippen LogP contribution in [0, 0.1) is 0 Å². The minimum atomic E-state index is -1.33. The molecular formula is C11H14F2N2O. The number of hydrogen-bond acceptors (Lipinski definition) is 3. The molecule has 1 aromatic rings. The van der Waals surface area contributed by atoms with Gasteiger partial charge in [-0.15, -0.1) is 0 Å². The van der Waals surface area contributed by atoms with E-state index in [1.165, 1.54) is 0 Å². The quantitative estimate of drug-likeness (QED) is 0.780. The maximum Gasteiger partial charge on any atom is 0.171 e. The predicted octanol–water partition coefficient (Wildman–Crippen LogP) is 1.70. The summed E-state index contributed by atoms with van der Waals surface area (Å²) in [5.41, 5.74) is 0.799. The summed E-state index contributed by atoms with van der Waals surface area (Å²) in [4.78, 5) is 1.67. The number of piperazine rings is 1. The van der Waals surface area contributed by atoms with Gasteiger partial charge in [-0.05, 0) is 24.3 Å². The molecule has 1 saturated heterocycles. The van der Waals surface area contributed by atoms with Crippen LogP contribution < -0.4 is 15.0 Å². The third kappa shape index (κ3) is 2.41. The Balaban J connectivity index is 2.10. The zero-order chi connectivity index (χ0) is 11.5. The van der Waals surface area contributed by atoms with Crippen LogP contribution in [0.15, 0.2) is 24.3 Å². The summed E-state index contributed by atoms with van der Waals surface area (Å²) in [5.74, 6) is 0.729. The van der Waals surface area contributed by atoms with Gasteiger partial charge in [0.15, 0.2) is 12.6 Å². The van der Waals surface area contributed by atoms with Crippen molar-refractivity contribution in [1.29, 1.82) is 0 Å². The van der Waals surface area contributed by atoms with Crippen molar-refractivity contribution in [3.8, 4) is 5.75 Å². The number of nitrogens with one attached hydrogen (secondary N) is 1. The van der Waals surface area contributed by atoms with E-state index in [0.29, 0.717) is 0 Å². The molecule has 0 saturated carbocycles. The number of nitrogens with zero attached hydrogens (tertiary/aromatic N) is 1. The highest BCUT2D eigenvalue weighted by atomic mass is 19.2. The molecule has 1 aliphatic heterocycles. The van der Waals surface area contributed by atoms with Gasteiger partial charge in [0, 0.05) is 5.69 Å². The maximum absolute atomic E-state index is 13.1. The molecule has 1 heterocycles. The Bertz CT molecular complexity index is 334. The fourth-order valence-electron chi connectivity index (χ4n) is 1.77. The number of hydrogen-bond donors (Lipinski definition) is 1. The molecule has 5 heteroatoms. The van der Waals surface area contributed by atoms with Crippen molar-refractivity contribution in [2.24, 2.45) is 0 Å². The van der Waals surface area contributed by atoms with Gasteiger partial charge in [-0.1, -0.05) is 0 Å². The normalized spacial score (nSPS) is 25.6. The zero-order valence-electron chi connectivity index (χ0n) is 8.99. The second-order valence-electron chi connectivity index (χ2n) is 3.70. The minimum Gasteiger partial charge on any atom is -0.497 e. The third-order valence-corrected chi connectivity index (χ3v) is 2.56. The lowest BCUT2D eigenvalue weighted by Gasteiger charge is -2.33. The molecule has 16 heavy (non-hydrogen) atoms. The van der Waals surface area contributed by atoms with E-state index in [4.69, 9.17) is 4.74 Å². The Labute approximate surface area is 93.0 Å². The van der Waals surface area contributed by atoms with Gasteiger partial charge in [0.25, 0.3) is 0 Å². The highest BCUT2D eigenvalue weighted by Crippen LogP contribution is 2.21. The number of methoxy groups -OCH3 is 1. The molecule has 2 rings (SSSR count). The van der Waals surface area contributed by atoms with E-state index in [1.54, 1.807) is 36.3 Å². The highest BCUT2D eigenvalue weighted by molar-refractivity contribution is 5.49. The van der Waals surface area contributed by atoms with Crippen molar-refractivity contribution in [2.45, 2.75) is 12.6 Å². The van der Waals surface area contributed by atoms with Crippen LogP contribution in [0.1, 0.15) is 0 Å². The van der Waals surface area contributed by atoms with Crippen LogP contribution in [-0.4, -0.2) is 32.8 Å². The minimum absolute atomic E-state index is 0.159. The molecule has 1 fully saturated rings. The molecule has 2 atom stereocenters. The lowest BCUT2D eigenvalue weighted by molar-refractivity contribution is 0.145. The van der Waals surface area contributed by atoms with Crippen molar-refractivity contribution in [3.05, 3.63) is 24.3 Å². The smallest absolute Gasteiger partial charge is 0.171 e. The van der Waals surface area contributed by atoms with Crippen molar-refractivity contribution >= 4 is 5.69 Å². The van der Waals surface area contributed by atoms with Gasteiger partial charge >= 0.3 is 0 Å². The predicted molar refractivity (Wildman–Crippen MR) is 58.1 cm³/mol. The van der Waals surface area contributed by atoms with Crippen LogP contribution in [0.2, 0.25) is 0 Å².